The summed E-state index contributed by atoms with van der Waals surface area (Å²) >= 11 is 1.58. The molecule has 0 bridgehead atoms. The number of nitrogens with zero attached hydrogens (tertiary/aromatic N) is 1. The summed E-state index contributed by atoms with van der Waals surface area (Å²) in [6.45, 7) is 1.93. The van der Waals surface area contributed by atoms with E-state index in [4.69, 9.17) is 5.73 Å². The molecule has 7 heteroatoms. The van der Waals surface area contributed by atoms with Gasteiger partial charge in [0.05, 0.1) is 5.69 Å². The Morgan fingerprint density at radius 3 is 2.58 bits per heavy atom. The van der Waals surface area contributed by atoms with Crippen LogP contribution in [0.2, 0.25) is 0 Å². The Morgan fingerprint density at radius 1 is 1.47 bits per heavy atom. The highest BCUT2D eigenvalue weighted by Gasteiger charge is 2.28. The number of sulfonamides is 1. The second-order valence-electron chi connectivity index (χ2n) is 4.22. The molecule has 0 saturated heterocycles. The smallest absolute Gasteiger partial charge is 0.245 e. The molecular formula is C12H19FN2O2S2. The zero-order chi connectivity index (χ0) is 14.6. The lowest BCUT2D eigenvalue weighted by molar-refractivity contribution is 0.385. The van der Waals surface area contributed by atoms with E-state index in [9.17, 15) is 12.8 Å². The minimum Gasteiger partial charge on any atom is -0.398 e. The second kappa shape index (κ2) is 6.58. The van der Waals surface area contributed by atoms with Crippen LogP contribution in [0, 0.1) is 5.82 Å². The summed E-state index contributed by atoms with van der Waals surface area (Å²) in [5, 5.41) is 0. The molecule has 0 aliphatic heterocycles. The Labute approximate surface area is 118 Å². The molecule has 0 aliphatic rings. The summed E-state index contributed by atoms with van der Waals surface area (Å²) in [5.41, 5.74) is 5.55. The van der Waals surface area contributed by atoms with Gasteiger partial charge in [0, 0.05) is 18.8 Å². The Hall–Kier alpha value is -0.790. The van der Waals surface area contributed by atoms with Crippen LogP contribution in [-0.2, 0) is 10.0 Å². The van der Waals surface area contributed by atoms with Crippen LogP contribution >= 0.6 is 11.8 Å². The first-order chi connectivity index (χ1) is 8.84. The molecule has 0 spiro atoms. The van der Waals surface area contributed by atoms with Crippen molar-refractivity contribution in [2.24, 2.45) is 0 Å². The quantitative estimate of drug-likeness (QED) is 0.818. The standard InChI is InChI=1S/C12H19FN2O2S2/c1-4-10(8-18-3)15(2)19(16,17)12-6-5-9(13)7-11(12)14/h5-7,10H,4,8,14H2,1-3H3. The highest BCUT2D eigenvalue weighted by atomic mass is 32.2. The summed E-state index contributed by atoms with van der Waals surface area (Å²) in [7, 11) is -2.16. The number of halogens is 1. The lowest BCUT2D eigenvalue weighted by Crippen LogP contribution is -2.38. The second-order valence-corrected chi connectivity index (χ2v) is 7.10. The highest BCUT2D eigenvalue weighted by molar-refractivity contribution is 7.98. The van der Waals surface area contributed by atoms with E-state index in [0.29, 0.717) is 12.2 Å². The number of rotatable bonds is 6. The van der Waals surface area contributed by atoms with Crippen LogP contribution in [0.1, 0.15) is 13.3 Å². The third-order valence-corrected chi connectivity index (χ3v) is 5.68. The van der Waals surface area contributed by atoms with Gasteiger partial charge in [0.15, 0.2) is 0 Å². The molecule has 1 aromatic carbocycles. The van der Waals surface area contributed by atoms with E-state index < -0.39 is 15.8 Å². The van der Waals surface area contributed by atoms with Crippen LogP contribution in [0.25, 0.3) is 0 Å². The molecule has 1 atom stereocenters. The molecule has 19 heavy (non-hydrogen) atoms. The van der Waals surface area contributed by atoms with Gasteiger partial charge in [0.25, 0.3) is 0 Å². The average Bonchev–Trinajstić information content (AvgIpc) is 2.34. The molecule has 0 fully saturated rings. The third kappa shape index (κ3) is 3.61. The van der Waals surface area contributed by atoms with Crippen LogP contribution in [0.5, 0.6) is 0 Å². The molecular weight excluding hydrogens is 287 g/mol. The fourth-order valence-corrected chi connectivity index (χ4v) is 4.24. The van der Waals surface area contributed by atoms with Gasteiger partial charge in [0.1, 0.15) is 10.7 Å². The van der Waals surface area contributed by atoms with Gasteiger partial charge < -0.3 is 5.73 Å². The molecule has 0 saturated carbocycles. The van der Waals surface area contributed by atoms with Gasteiger partial charge in [-0.25, -0.2) is 12.8 Å². The maximum absolute atomic E-state index is 13.0. The molecule has 0 radical (unpaired) electrons. The molecule has 4 nitrogen and oxygen atoms in total. The van der Waals surface area contributed by atoms with E-state index in [1.807, 2.05) is 13.2 Å². The van der Waals surface area contributed by atoms with Crippen LogP contribution < -0.4 is 5.73 Å². The maximum Gasteiger partial charge on any atom is 0.245 e. The van der Waals surface area contributed by atoms with Crippen LogP contribution in [0.3, 0.4) is 0 Å². The Bertz CT molecular complexity index is 535. The molecule has 0 heterocycles. The van der Waals surface area contributed by atoms with Gasteiger partial charge in [0.2, 0.25) is 10.0 Å². The van der Waals surface area contributed by atoms with Gasteiger partial charge in [-0.15, -0.1) is 0 Å². The molecule has 1 rings (SSSR count). The summed E-state index contributed by atoms with van der Waals surface area (Å²) in [6.07, 6.45) is 2.63. The van der Waals surface area contributed by atoms with Crippen molar-refractivity contribution < 1.29 is 12.8 Å². The third-order valence-electron chi connectivity index (χ3n) is 2.97. The van der Waals surface area contributed by atoms with Crippen molar-refractivity contribution in [3.8, 4) is 0 Å². The molecule has 1 unspecified atom stereocenters. The topological polar surface area (TPSA) is 63.4 Å². The van der Waals surface area contributed by atoms with E-state index in [2.05, 4.69) is 0 Å². The van der Waals surface area contributed by atoms with Crippen molar-refractivity contribution in [1.82, 2.24) is 4.31 Å². The predicted molar refractivity (Wildman–Crippen MR) is 78.2 cm³/mol. The first-order valence-corrected chi connectivity index (χ1v) is 8.70. The summed E-state index contributed by atoms with van der Waals surface area (Å²) < 4.78 is 39.2. The fraction of sp³-hybridized carbons (Fsp3) is 0.500. The molecule has 0 amide bonds. The Kier molecular flexibility index (Phi) is 5.64. The number of nitrogen functional groups attached to an aromatic ring is 1. The monoisotopic (exact) mass is 306 g/mol. The summed E-state index contributed by atoms with van der Waals surface area (Å²) in [5.74, 6) is 0.156. The number of anilines is 1. The largest absolute Gasteiger partial charge is 0.398 e. The zero-order valence-corrected chi connectivity index (χ0v) is 12.9. The van der Waals surface area contributed by atoms with Gasteiger partial charge in [-0.3, -0.25) is 0 Å². The predicted octanol–water partition coefficient (Wildman–Crippen LogP) is 2.17. The lowest BCUT2D eigenvalue weighted by atomic mass is 10.3. The lowest BCUT2D eigenvalue weighted by Gasteiger charge is -2.26. The van der Waals surface area contributed by atoms with Crippen molar-refractivity contribution in [3.05, 3.63) is 24.0 Å². The summed E-state index contributed by atoms with van der Waals surface area (Å²) in [4.78, 5) is -0.0454. The maximum atomic E-state index is 13.0. The normalized spacial score (nSPS) is 13.7. The number of thioether (sulfide) groups is 1. The number of nitrogens with two attached hydrogens (primary N) is 1. The van der Waals surface area contributed by atoms with Crippen LogP contribution in [0.15, 0.2) is 23.1 Å². The Morgan fingerprint density at radius 2 is 2.11 bits per heavy atom. The highest BCUT2D eigenvalue weighted by Crippen LogP contribution is 2.25. The van der Waals surface area contributed by atoms with Gasteiger partial charge in [-0.05, 0) is 30.9 Å². The molecule has 108 valence electrons. The number of benzene rings is 1. The van der Waals surface area contributed by atoms with Crippen molar-refractivity contribution in [2.75, 3.05) is 24.8 Å². The molecule has 1 aromatic rings. The minimum absolute atomic E-state index is 0.0454. The SMILES string of the molecule is CCC(CSC)N(C)S(=O)(=O)c1ccc(F)cc1N. The fourth-order valence-electron chi connectivity index (χ4n) is 1.78. The first kappa shape index (κ1) is 16.3. The molecule has 0 aromatic heterocycles. The van der Waals surface area contributed by atoms with E-state index in [1.54, 1.807) is 11.8 Å². The molecule has 0 aliphatic carbocycles. The first-order valence-electron chi connectivity index (χ1n) is 5.86. The van der Waals surface area contributed by atoms with Crippen molar-refractivity contribution in [1.29, 1.82) is 0 Å². The van der Waals surface area contributed by atoms with Crippen molar-refractivity contribution >= 4 is 27.5 Å². The zero-order valence-electron chi connectivity index (χ0n) is 11.3. The van der Waals surface area contributed by atoms with E-state index >= 15 is 0 Å². The summed E-state index contributed by atoms with van der Waals surface area (Å²) in [6, 6.07) is 3.23. The van der Waals surface area contributed by atoms with Gasteiger partial charge in [-0.1, -0.05) is 6.92 Å². The van der Waals surface area contributed by atoms with Crippen LogP contribution in [-0.4, -0.2) is 37.8 Å². The number of hydrogen-bond donors (Lipinski definition) is 1. The minimum atomic E-state index is -3.69. The molecule has 2 N–H and O–H groups in total. The van der Waals surface area contributed by atoms with E-state index in [0.717, 1.165) is 12.1 Å². The average molecular weight is 306 g/mol. The van der Waals surface area contributed by atoms with Crippen LogP contribution in [0.4, 0.5) is 10.1 Å². The number of hydrogen-bond acceptors (Lipinski definition) is 4. The van der Waals surface area contributed by atoms with Gasteiger partial charge >= 0.3 is 0 Å². The van der Waals surface area contributed by atoms with Gasteiger partial charge in [-0.2, -0.15) is 16.1 Å². The van der Waals surface area contributed by atoms with E-state index in [-0.39, 0.29) is 16.6 Å². The van der Waals surface area contributed by atoms with E-state index in [1.165, 1.54) is 17.4 Å². The Balaban J connectivity index is 3.15. The van der Waals surface area contributed by atoms with Crippen molar-refractivity contribution in [3.63, 3.8) is 0 Å². The van der Waals surface area contributed by atoms with Crippen molar-refractivity contribution in [2.45, 2.75) is 24.3 Å².